The molecule has 0 spiro atoms. The smallest absolute Gasteiger partial charge is 0.317 e. The van der Waals surface area contributed by atoms with E-state index in [9.17, 15) is 18.0 Å². The van der Waals surface area contributed by atoms with Crippen molar-refractivity contribution in [3.8, 4) is 0 Å². The van der Waals surface area contributed by atoms with E-state index in [-0.39, 0.29) is 18.3 Å². The molecule has 1 aliphatic rings. The quantitative estimate of drug-likeness (QED) is 0.622. The van der Waals surface area contributed by atoms with Crippen molar-refractivity contribution in [1.29, 1.82) is 0 Å². The molecule has 0 aliphatic carbocycles. The van der Waals surface area contributed by atoms with Crippen LogP contribution in [0.15, 0.2) is 0 Å². The fourth-order valence-corrected chi connectivity index (χ4v) is 2.83. The monoisotopic (exact) mass is 321 g/mol. The van der Waals surface area contributed by atoms with E-state index in [1.807, 2.05) is 0 Å². The van der Waals surface area contributed by atoms with Crippen LogP contribution in [-0.2, 0) is 14.6 Å². The highest BCUT2D eigenvalue weighted by atomic mass is 32.2. The zero-order valence-electron chi connectivity index (χ0n) is 12.2. The molecule has 1 fully saturated rings. The first-order chi connectivity index (χ1) is 9.78. The fraction of sp³-hybridized carbons (Fsp3) is 0.833. The Kier molecular flexibility index (Phi) is 6.90. The maximum Gasteiger partial charge on any atom is 0.317 e. The van der Waals surface area contributed by atoms with Crippen molar-refractivity contribution in [1.82, 2.24) is 15.1 Å². The van der Waals surface area contributed by atoms with Gasteiger partial charge in [-0.05, 0) is 12.8 Å². The number of hydrogen-bond acceptors (Lipinski definition) is 5. The standard InChI is InChI=1S/C12H23N3O5S/c1-21(19,20)9-2-4-13-12(18)15-6-3-5-14(7-8-15)10-11(16)17/h2-10H2,1H3,(H,13,18)(H,16,17). The molecular formula is C12H23N3O5S. The third kappa shape index (κ3) is 7.86. The van der Waals surface area contributed by atoms with Crippen LogP contribution in [0.2, 0.25) is 0 Å². The van der Waals surface area contributed by atoms with E-state index in [0.717, 1.165) is 6.42 Å². The number of carbonyl (C=O) groups excluding carboxylic acids is 1. The predicted octanol–water partition coefficient (Wildman–Crippen LogP) is -0.777. The predicted molar refractivity (Wildman–Crippen MR) is 78.0 cm³/mol. The van der Waals surface area contributed by atoms with Crippen LogP contribution >= 0.6 is 0 Å². The summed E-state index contributed by atoms with van der Waals surface area (Å²) in [4.78, 5) is 26.0. The first-order valence-corrected chi connectivity index (χ1v) is 8.98. The minimum atomic E-state index is -3.00. The van der Waals surface area contributed by atoms with Gasteiger partial charge in [0.2, 0.25) is 0 Å². The van der Waals surface area contributed by atoms with Gasteiger partial charge in [-0.15, -0.1) is 0 Å². The van der Waals surface area contributed by atoms with Crippen LogP contribution < -0.4 is 5.32 Å². The number of hydrogen-bond donors (Lipinski definition) is 2. The number of urea groups is 1. The summed E-state index contributed by atoms with van der Waals surface area (Å²) in [6, 6.07) is -0.222. The molecule has 1 heterocycles. The maximum atomic E-state index is 11.9. The van der Waals surface area contributed by atoms with Crippen molar-refractivity contribution >= 4 is 21.8 Å². The number of sulfone groups is 1. The lowest BCUT2D eigenvalue weighted by molar-refractivity contribution is -0.138. The van der Waals surface area contributed by atoms with Crippen LogP contribution in [0.3, 0.4) is 0 Å². The molecule has 0 saturated carbocycles. The Labute approximate surface area is 125 Å². The summed E-state index contributed by atoms with van der Waals surface area (Å²) in [6.45, 7) is 2.55. The number of nitrogens with one attached hydrogen (secondary N) is 1. The van der Waals surface area contributed by atoms with Crippen molar-refractivity contribution in [2.75, 3.05) is 51.3 Å². The highest BCUT2D eigenvalue weighted by Crippen LogP contribution is 2.03. The number of carboxylic acids is 1. The minimum absolute atomic E-state index is 0.0101. The van der Waals surface area contributed by atoms with Gasteiger partial charge in [0, 0.05) is 39.0 Å². The maximum absolute atomic E-state index is 11.9. The highest BCUT2D eigenvalue weighted by molar-refractivity contribution is 7.90. The van der Waals surface area contributed by atoms with Crippen LogP contribution in [0.25, 0.3) is 0 Å². The molecule has 1 saturated heterocycles. The van der Waals surface area contributed by atoms with Crippen LogP contribution in [0.4, 0.5) is 4.79 Å². The molecule has 122 valence electrons. The second-order valence-corrected chi connectivity index (χ2v) is 7.49. The van der Waals surface area contributed by atoms with Gasteiger partial charge in [-0.25, -0.2) is 13.2 Å². The van der Waals surface area contributed by atoms with E-state index in [2.05, 4.69) is 5.32 Å². The minimum Gasteiger partial charge on any atom is -0.480 e. The van der Waals surface area contributed by atoms with Gasteiger partial charge >= 0.3 is 12.0 Å². The molecule has 0 aromatic rings. The average molecular weight is 321 g/mol. The Morgan fingerprint density at radius 2 is 1.90 bits per heavy atom. The van der Waals surface area contributed by atoms with Gasteiger partial charge in [-0.2, -0.15) is 0 Å². The molecule has 0 atom stereocenters. The van der Waals surface area contributed by atoms with E-state index >= 15 is 0 Å². The summed E-state index contributed by atoms with van der Waals surface area (Å²) in [5.41, 5.74) is 0. The molecule has 9 heteroatoms. The van der Waals surface area contributed by atoms with Crippen LogP contribution in [0.5, 0.6) is 0 Å². The van der Waals surface area contributed by atoms with E-state index < -0.39 is 15.8 Å². The Balaban J connectivity index is 2.30. The molecule has 0 bridgehead atoms. The summed E-state index contributed by atoms with van der Waals surface area (Å²) in [6.07, 6.45) is 2.29. The van der Waals surface area contributed by atoms with Gasteiger partial charge < -0.3 is 15.3 Å². The topological polar surface area (TPSA) is 107 Å². The zero-order valence-corrected chi connectivity index (χ0v) is 13.1. The number of rotatable bonds is 6. The van der Waals surface area contributed by atoms with Crippen molar-refractivity contribution < 1.29 is 23.1 Å². The molecule has 0 aromatic heterocycles. The average Bonchev–Trinajstić information content (AvgIpc) is 2.58. The molecule has 0 unspecified atom stereocenters. The molecule has 2 N–H and O–H groups in total. The summed E-state index contributed by atoms with van der Waals surface area (Å²) in [7, 11) is -3.00. The van der Waals surface area contributed by atoms with Crippen LogP contribution in [-0.4, -0.2) is 86.6 Å². The molecule has 0 aromatic carbocycles. The Morgan fingerprint density at radius 1 is 1.19 bits per heavy atom. The molecule has 8 nitrogen and oxygen atoms in total. The molecule has 21 heavy (non-hydrogen) atoms. The summed E-state index contributed by atoms with van der Waals surface area (Å²) >= 11 is 0. The Bertz CT molecular complexity index is 466. The van der Waals surface area contributed by atoms with Gasteiger partial charge in [0.25, 0.3) is 0 Å². The largest absolute Gasteiger partial charge is 0.480 e. The normalized spacial score (nSPS) is 17.3. The summed E-state index contributed by atoms with van der Waals surface area (Å²) in [5.74, 6) is -0.812. The van der Waals surface area contributed by atoms with E-state index in [4.69, 9.17) is 5.11 Å². The number of carbonyl (C=O) groups is 2. The number of nitrogens with zero attached hydrogens (tertiary/aromatic N) is 2. The molecular weight excluding hydrogens is 298 g/mol. The zero-order chi connectivity index (χ0) is 15.9. The van der Waals surface area contributed by atoms with E-state index in [0.29, 0.717) is 39.1 Å². The SMILES string of the molecule is CS(=O)(=O)CCCNC(=O)N1CCCN(CC(=O)O)CC1. The third-order valence-corrected chi connectivity index (χ3v) is 4.23. The second kappa shape index (κ2) is 8.18. The van der Waals surface area contributed by atoms with Gasteiger partial charge in [0.05, 0.1) is 12.3 Å². The van der Waals surface area contributed by atoms with Crippen molar-refractivity contribution in [3.05, 3.63) is 0 Å². The van der Waals surface area contributed by atoms with Crippen molar-refractivity contribution in [2.45, 2.75) is 12.8 Å². The van der Waals surface area contributed by atoms with Crippen molar-refractivity contribution in [2.24, 2.45) is 0 Å². The van der Waals surface area contributed by atoms with Gasteiger partial charge in [-0.1, -0.05) is 0 Å². The molecule has 0 radical (unpaired) electrons. The number of carboxylic acid groups (broad SMARTS) is 1. The summed E-state index contributed by atoms with van der Waals surface area (Å²) < 4.78 is 21.9. The van der Waals surface area contributed by atoms with Gasteiger partial charge in [0.15, 0.2) is 0 Å². The van der Waals surface area contributed by atoms with Crippen LogP contribution in [0.1, 0.15) is 12.8 Å². The number of aliphatic carboxylic acids is 1. The van der Waals surface area contributed by atoms with Crippen LogP contribution in [0, 0.1) is 0 Å². The first-order valence-electron chi connectivity index (χ1n) is 6.92. The highest BCUT2D eigenvalue weighted by Gasteiger charge is 2.19. The molecule has 1 rings (SSSR count). The molecule has 2 amide bonds. The lowest BCUT2D eigenvalue weighted by Gasteiger charge is -2.21. The first kappa shape index (κ1) is 17.7. The molecule has 1 aliphatic heterocycles. The van der Waals surface area contributed by atoms with E-state index in [1.165, 1.54) is 6.26 Å². The van der Waals surface area contributed by atoms with Crippen molar-refractivity contribution in [3.63, 3.8) is 0 Å². The Hall–Kier alpha value is -1.35. The fourth-order valence-electron chi connectivity index (χ4n) is 2.16. The van der Waals surface area contributed by atoms with Gasteiger partial charge in [-0.3, -0.25) is 9.69 Å². The Morgan fingerprint density at radius 3 is 2.52 bits per heavy atom. The second-order valence-electron chi connectivity index (χ2n) is 5.23. The van der Waals surface area contributed by atoms with Gasteiger partial charge in [0.1, 0.15) is 9.84 Å². The van der Waals surface area contributed by atoms with E-state index in [1.54, 1.807) is 9.80 Å². The lowest BCUT2D eigenvalue weighted by Crippen LogP contribution is -2.42. The third-order valence-electron chi connectivity index (χ3n) is 3.20. The number of amides is 2. The summed E-state index contributed by atoms with van der Waals surface area (Å²) in [5, 5.41) is 11.5. The lowest BCUT2D eigenvalue weighted by atomic mass is 10.4.